The van der Waals surface area contributed by atoms with Crippen LogP contribution in [0.5, 0.6) is 0 Å². The van der Waals surface area contributed by atoms with Gasteiger partial charge in [-0.3, -0.25) is 4.79 Å². The van der Waals surface area contributed by atoms with Crippen LogP contribution >= 0.6 is 0 Å². The molecule has 3 aliphatic heterocycles. The van der Waals surface area contributed by atoms with E-state index in [9.17, 15) is 61.0 Å². The number of hydrogen-bond donors (Lipinski definition) is 12. The summed E-state index contributed by atoms with van der Waals surface area (Å²) < 4.78 is 34.2. The molecule has 17 unspecified atom stereocenters. The Balaban J connectivity index is 1.52. The molecule has 0 aromatic rings. The minimum Gasteiger partial charge on any atom is -0.394 e. The van der Waals surface area contributed by atoms with E-state index < -0.39 is 124 Å². The molecule has 19 heteroatoms. The maximum absolute atomic E-state index is 13.3. The Morgan fingerprint density at radius 2 is 0.854 bits per heavy atom. The fourth-order valence-electron chi connectivity index (χ4n) is 9.60. The Kier molecular flexibility index (Phi) is 40.1. The second kappa shape index (κ2) is 45.1. The molecular weight excluding hydrogens is 1060 g/mol. The molecule has 0 aliphatic carbocycles. The van der Waals surface area contributed by atoms with Gasteiger partial charge in [-0.1, -0.05) is 162 Å². The Hall–Kier alpha value is -3.29. The lowest BCUT2D eigenvalue weighted by Gasteiger charge is -2.48. The molecule has 3 saturated heterocycles. The van der Waals surface area contributed by atoms with Gasteiger partial charge in [-0.2, -0.15) is 0 Å². The Labute approximate surface area is 488 Å². The average Bonchev–Trinajstić information content (AvgIpc) is 3.40. The summed E-state index contributed by atoms with van der Waals surface area (Å²) in [6.07, 6.45) is 29.5. The topological polar surface area (TPSA) is 307 Å². The Bertz CT molecular complexity index is 1870. The highest BCUT2D eigenvalue weighted by Gasteiger charge is 2.53. The highest BCUT2D eigenvalue weighted by molar-refractivity contribution is 5.76. The lowest BCUT2D eigenvalue weighted by atomic mass is 9.96. The van der Waals surface area contributed by atoms with Gasteiger partial charge in [-0.25, -0.2) is 0 Å². The minimum absolute atomic E-state index is 0.204. The smallest absolute Gasteiger partial charge is 0.220 e. The number of nitrogens with one attached hydrogen (secondary N) is 1. The normalized spacial score (nSPS) is 30.3. The minimum atomic E-state index is -1.99. The van der Waals surface area contributed by atoms with Gasteiger partial charge in [0.2, 0.25) is 5.91 Å². The average molecular weight is 1160 g/mol. The van der Waals surface area contributed by atoms with Crippen molar-refractivity contribution in [3.05, 3.63) is 97.2 Å². The van der Waals surface area contributed by atoms with Gasteiger partial charge in [0, 0.05) is 6.42 Å². The molecule has 0 spiro atoms. The number of ether oxygens (including phenoxy) is 6. The number of carbonyl (C=O) groups is 1. The zero-order valence-corrected chi connectivity index (χ0v) is 48.9. The maximum Gasteiger partial charge on any atom is 0.220 e. The molecule has 12 N–H and O–H groups in total. The van der Waals surface area contributed by atoms with Crippen molar-refractivity contribution in [3.63, 3.8) is 0 Å². The zero-order valence-electron chi connectivity index (χ0n) is 48.9. The molecule has 19 nitrogen and oxygen atoms in total. The standard InChI is InChI=1S/C63H105NO18/c1-3-5-7-9-11-13-15-17-19-21-22-23-24-25-27-29-31-33-35-37-39-41-51(69)64-46(47(68)40-38-36-34-32-30-28-26-20-18-16-14-12-10-8-6-4-2)45-77-61-57(75)54(72)59(49(43-66)79-61)82-63-58(76)55(73)60(50(44-67)80-63)81-62-56(74)53(71)52(70)48(42-65)78-62/h5,7,11,13,17-20,22-23,25,27,30,32,38,40,46-50,52-63,65-68,70-76H,3-4,6,8-10,12,14-16,21,24,26,28-29,31,33-37,39,41-45H2,1-2H3,(H,64,69)/b7-5-,13-11-,19-17-,20-18+,23-22-,27-25-,32-30+,40-38+. The van der Waals surface area contributed by atoms with E-state index in [0.29, 0.717) is 12.8 Å². The number of aliphatic hydroxyl groups is 11. The van der Waals surface area contributed by atoms with Crippen molar-refractivity contribution in [2.75, 3.05) is 26.4 Å². The fourth-order valence-corrected chi connectivity index (χ4v) is 9.60. The van der Waals surface area contributed by atoms with E-state index in [1.165, 1.54) is 38.5 Å². The quantitative estimate of drug-likeness (QED) is 0.0255. The summed E-state index contributed by atoms with van der Waals surface area (Å²) in [5.41, 5.74) is 0. The molecule has 470 valence electrons. The summed E-state index contributed by atoms with van der Waals surface area (Å²) in [6.45, 7) is 1.53. The molecule has 0 radical (unpaired) electrons. The van der Waals surface area contributed by atoms with Crippen molar-refractivity contribution in [2.24, 2.45) is 0 Å². The molecule has 3 fully saturated rings. The van der Waals surface area contributed by atoms with Crippen molar-refractivity contribution in [2.45, 2.75) is 266 Å². The number of rotatable bonds is 43. The molecular formula is C63H105NO18. The third-order valence-electron chi connectivity index (χ3n) is 14.6. The van der Waals surface area contributed by atoms with E-state index in [2.05, 4.69) is 104 Å². The molecule has 0 bridgehead atoms. The van der Waals surface area contributed by atoms with Gasteiger partial charge in [0.05, 0.1) is 38.6 Å². The lowest BCUT2D eigenvalue weighted by Crippen LogP contribution is -2.66. The van der Waals surface area contributed by atoms with Gasteiger partial charge < -0.3 is 89.9 Å². The van der Waals surface area contributed by atoms with E-state index in [-0.39, 0.29) is 18.9 Å². The Morgan fingerprint density at radius 3 is 1.37 bits per heavy atom. The third-order valence-corrected chi connectivity index (χ3v) is 14.6. The van der Waals surface area contributed by atoms with Crippen molar-refractivity contribution >= 4 is 5.91 Å². The maximum atomic E-state index is 13.3. The SMILES string of the molecule is CC/C=C\C/C=C\C/C=C\C/C=C\C/C=C\CCCCCCCC(=O)NC(COC1OC(CO)C(OC2OC(CO)C(OC3OC(CO)C(O)C(O)C3O)C(O)C2O)C(O)C1O)C(O)/C=C/CC/C=C/CC/C=C/CCCCCCCC. The highest BCUT2D eigenvalue weighted by atomic mass is 16.8. The molecule has 1 amide bonds. The van der Waals surface area contributed by atoms with E-state index in [0.717, 1.165) is 89.9 Å². The lowest BCUT2D eigenvalue weighted by molar-refractivity contribution is -0.379. The molecule has 0 aromatic heterocycles. The van der Waals surface area contributed by atoms with Crippen LogP contribution in [0, 0.1) is 0 Å². The third kappa shape index (κ3) is 28.3. The number of allylic oxidation sites excluding steroid dienone is 15. The van der Waals surface area contributed by atoms with E-state index in [1.807, 2.05) is 6.08 Å². The summed E-state index contributed by atoms with van der Waals surface area (Å²) in [7, 11) is 0. The van der Waals surface area contributed by atoms with Gasteiger partial charge in [0.1, 0.15) is 73.2 Å². The van der Waals surface area contributed by atoms with Gasteiger partial charge in [-0.05, 0) is 89.9 Å². The van der Waals surface area contributed by atoms with E-state index >= 15 is 0 Å². The van der Waals surface area contributed by atoms with Crippen LogP contribution in [0.15, 0.2) is 97.2 Å². The molecule has 82 heavy (non-hydrogen) atoms. The van der Waals surface area contributed by atoms with Crippen LogP contribution in [-0.2, 0) is 33.2 Å². The number of unbranched alkanes of at least 4 members (excludes halogenated alkanes) is 13. The monoisotopic (exact) mass is 1160 g/mol. The van der Waals surface area contributed by atoms with Gasteiger partial charge in [0.25, 0.3) is 0 Å². The van der Waals surface area contributed by atoms with Crippen LogP contribution in [0.4, 0.5) is 0 Å². The number of carbonyl (C=O) groups excluding carboxylic acids is 1. The summed E-state index contributed by atoms with van der Waals surface area (Å²) >= 11 is 0. The summed E-state index contributed by atoms with van der Waals surface area (Å²) in [4.78, 5) is 13.3. The van der Waals surface area contributed by atoms with Crippen molar-refractivity contribution in [1.82, 2.24) is 5.32 Å². The van der Waals surface area contributed by atoms with Crippen LogP contribution in [-0.4, -0.2) is 193 Å². The first-order valence-electron chi connectivity index (χ1n) is 30.5. The van der Waals surface area contributed by atoms with Gasteiger partial charge in [0.15, 0.2) is 18.9 Å². The first kappa shape index (κ1) is 73.0. The highest BCUT2D eigenvalue weighted by Crippen LogP contribution is 2.33. The molecule has 3 aliphatic rings. The first-order chi connectivity index (χ1) is 39.8. The summed E-state index contributed by atoms with van der Waals surface area (Å²) in [5.74, 6) is -0.314. The zero-order chi connectivity index (χ0) is 59.7. The van der Waals surface area contributed by atoms with Crippen LogP contribution in [0.3, 0.4) is 0 Å². The van der Waals surface area contributed by atoms with E-state index in [1.54, 1.807) is 6.08 Å². The number of aliphatic hydroxyl groups excluding tert-OH is 11. The second-order valence-electron chi connectivity index (χ2n) is 21.4. The largest absolute Gasteiger partial charge is 0.394 e. The fraction of sp³-hybridized carbons (Fsp3) is 0.730. The number of amides is 1. The summed E-state index contributed by atoms with van der Waals surface area (Å²) in [5, 5.41) is 120. The van der Waals surface area contributed by atoms with Crippen LogP contribution in [0.2, 0.25) is 0 Å². The van der Waals surface area contributed by atoms with Crippen LogP contribution < -0.4 is 5.32 Å². The molecule has 3 heterocycles. The van der Waals surface area contributed by atoms with Crippen LogP contribution in [0.25, 0.3) is 0 Å². The Morgan fingerprint density at radius 1 is 0.451 bits per heavy atom. The van der Waals surface area contributed by atoms with Crippen LogP contribution in [0.1, 0.15) is 162 Å². The summed E-state index contributed by atoms with van der Waals surface area (Å²) in [6, 6.07) is -1.01. The predicted octanol–water partition coefficient (Wildman–Crippen LogP) is 5.76. The van der Waals surface area contributed by atoms with Crippen molar-refractivity contribution in [1.29, 1.82) is 0 Å². The molecule has 0 saturated carbocycles. The second-order valence-corrected chi connectivity index (χ2v) is 21.4. The molecule has 3 rings (SSSR count). The molecule has 17 atom stereocenters. The molecule has 0 aromatic carbocycles. The predicted molar refractivity (Wildman–Crippen MR) is 314 cm³/mol. The van der Waals surface area contributed by atoms with E-state index in [4.69, 9.17) is 28.4 Å². The van der Waals surface area contributed by atoms with Gasteiger partial charge in [-0.15, -0.1) is 0 Å². The first-order valence-corrected chi connectivity index (χ1v) is 30.5. The van der Waals surface area contributed by atoms with Crippen molar-refractivity contribution in [3.8, 4) is 0 Å². The van der Waals surface area contributed by atoms with Crippen molar-refractivity contribution < 1.29 is 89.4 Å². The number of hydrogen-bond acceptors (Lipinski definition) is 18. The van der Waals surface area contributed by atoms with Gasteiger partial charge >= 0.3 is 0 Å².